The second kappa shape index (κ2) is 2.87. The Balaban J connectivity index is 3.10. The van der Waals surface area contributed by atoms with Crippen molar-refractivity contribution in [3.8, 4) is 0 Å². The maximum Gasteiger partial charge on any atom is 0.337 e. The van der Waals surface area contributed by atoms with Crippen molar-refractivity contribution >= 4 is 12.3 Å². The van der Waals surface area contributed by atoms with Crippen LogP contribution in [0.2, 0.25) is 0 Å². The van der Waals surface area contributed by atoms with Crippen LogP contribution in [0.15, 0.2) is 12.3 Å². The van der Waals surface area contributed by atoms with Crippen LogP contribution < -0.4 is 0 Å². The topological polar surface area (TPSA) is 80.2 Å². The van der Waals surface area contributed by atoms with Gasteiger partial charge in [0.1, 0.15) is 5.69 Å². The molecule has 0 fully saturated rings. The van der Waals surface area contributed by atoms with E-state index in [-0.39, 0.29) is 11.3 Å². The van der Waals surface area contributed by atoms with Gasteiger partial charge in [-0.15, -0.1) is 5.10 Å². The largest absolute Gasteiger partial charge is 0.478 e. The van der Waals surface area contributed by atoms with Crippen LogP contribution in [0.4, 0.5) is 0 Å². The van der Waals surface area contributed by atoms with E-state index in [4.69, 9.17) is 5.11 Å². The second-order valence-corrected chi connectivity index (χ2v) is 1.79. The average molecular weight is 152 g/mol. The molecule has 1 rings (SSSR count). The van der Waals surface area contributed by atoms with E-state index in [1.165, 1.54) is 0 Å². The standard InChI is InChI=1S/C6H4N2O3/c9-3-5-1-4(6(10)11)2-7-8-5/h1-3H,(H,10,11). The summed E-state index contributed by atoms with van der Waals surface area (Å²) in [5.74, 6) is -1.12. The summed E-state index contributed by atoms with van der Waals surface area (Å²) >= 11 is 0. The van der Waals surface area contributed by atoms with Crippen molar-refractivity contribution in [3.63, 3.8) is 0 Å². The Labute approximate surface area is 61.7 Å². The van der Waals surface area contributed by atoms with Gasteiger partial charge in [0, 0.05) is 0 Å². The first-order valence-electron chi connectivity index (χ1n) is 2.75. The lowest BCUT2D eigenvalue weighted by Gasteiger charge is -1.91. The van der Waals surface area contributed by atoms with Gasteiger partial charge >= 0.3 is 5.97 Å². The molecule has 0 aromatic carbocycles. The normalized spacial score (nSPS) is 9.09. The lowest BCUT2D eigenvalue weighted by atomic mass is 10.3. The molecule has 0 bridgehead atoms. The zero-order chi connectivity index (χ0) is 8.27. The number of rotatable bonds is 2. The highest BCUT2D eigenvalue weighted by Crippen LogP contribution is 1.96. The number of carboxylic acids is 1. The van der Waals surface area contributed by atoms with Crippen molar-refractivity contribution in [3.05, 3.63) is 23.5 Å². The summed E-state index contributed by atoms with van der Waals surface area (Å²) in [4.78, 5) is 20.4. The van der Waals surface area contributed by atoms with Crippen LogP contribution in [0.5, 0.6) is 0 Å². The highest BCUT2D eigenvalue weighted by molar-refractivity contribution is 5.88. The fourth-order valence-electron chi connectivity index (χ4n) is 0.558. The first-order valence-corrected chi connectivity index (χ1v) is 2.75. The predicted molar refractivity (Wildman–Crippen MR) is 34.4 cm³/mol. The molecule has 0 amide bonds. The molecule has 0 aliphatic rings. The van der Waals surface area contributed by atoms with Gasteiger partial charge in [-0.05, 0) is 6.07 Å². The Kier molecular flexibility index (Phi) is 1.91. The molecule has 0 atom stereocenters. The van der Waals surface area contributed by atoms with E-state index < -0.39 is 5.97 Å². The number of aromatic carboxylic acids is 1. The van der Waals surface area contributed by atoms with Gasteiger partial charge in [-0.25, -0.2) is 4.79 Å². The van der Waals surface area contributed by atoms with E-state index in [1.807, 2.05) is 0 Å². The van der Waals surface area contributed by atoms with Gasteiger partial charge in [0.25, 0.3) is 0 Å². The number of aromatic nitrogens is 2. The van der Waals surface area contributed by atoms with Crippen LogP contribution in [0, 0.1) is 0 Å². The second-order valence-electron chi connectivity index (χ2n) is 1.79. The molecular weight excluding hydrogens is 148 g/mol. The molecule has 0 saturated carbocycles. The van der Waals surface area contributed by atoms with Gasteiger partial charge in [-0.1, -0.05) is 0 Å². The van der Waals surface area contributed by atoms with Gasteiger partial charge < -0.3 is 5.11 Å². The zero-order valence-electron chi connectivity index (χ0n) is 5.39. The van der Waals surface area contributed by atoms with Crippen LogP contribution in [0.3, 0.4) is 0 Å². The molecule has 0 aliphatic carbocycles. The van der Waals surface area contributed by atoms with Crippen molar-refractivity contribution in [2.24, 2.45) is 0 Å². The minimum absolute atomic E-state index is 0.0184. The summed E-state index contributed by atoms with van der Waals surface area (Å²) in [5.41, 5.74) is -0.0213. The molecule has 11 heavy (non-hydrogen) atoms. The van der Waals surface area contributed by atoms with Gasteiger partial charge in [-0.2, -0.15) is 5.10 Å². The Morgan fingerprint density at radius 1 is 1.64 bits per heavy atom. The fraction of sp³-hybridized carbons (Fsp3) is 0. The molecular formula is C6H4N2O3. The van der Waals surface area contributed by atoms with Crippen LogP contribution >= 0.6 is 0 Å². The molecule has 1 aromatic heterocycles. The van der Waals surface area contributed by atoms with E-state index in [2.05, 4.69) is 10.2 Å². The molecule has 5 nitrogen and oxygen atoms in total. The Morgan fingerprint density at radius 2 is 2.36 bits per heavy atom. The number of carbonyl (C=O) groups is 2. The highest BCUT2D eigenvalue weighted by Gasteiger charge is 2.03. The SMILES string of the molecule is O=Cc1cc(C(=O)O)cnn1. The molecule has 0 spiro atoms. The van der Waals surface area contributed by atoms with Crippen molar-refractivity contribution in [1.29, 1.82) is 0 Å². The lowest BCUT2D eigenvalue weighted by Crippen LogP contribution is -2.00. The van der Waals surface area contributed by atoms with Gasteiger partial charge in [0.05, 0.1) is 11.8 Å². The van der Waals surface area contributed by atoms with Gasteiger partial charge in [0.15, 0.2) is 6.29 Å². The number of nitrogens with zero attached hydrogens (tertiary/aromatic N) is 2. The van der Waals surface area contributed by atoms with Crippen LogP contribution in [0.25, 0.3) is 0 Å². The lowest BCUT2D eigenvalue weighted by molar-refractivity contribution is 0.0696. The molecule has 0 unspecified atom stereocenters. The molecule has 5 heteroatoms. The molecule has 0 saturated heterocycles. The van der Waals surface area contributed by atoms with E-state index in [9.17, 15) is 9.59 Å². The Bertz CT molecular complexity index is 298. The highest BCUT2D eigenvalue weighted by atomic mass is 16.4. The quantitative estimate of drug-likeness (QED) is 0.602. The molecule has 0 aliphatic heterocycles. The minimum atomic E-state index is -1.12. The molecule has 1 heterocycles. The predicted octanol–water partition coefficient (Wildman–Crippen LogP) is -0.0127. The molecule has 1 N–H and O–H groups in total. The average Bonchev–Trinajstić information content (AvgIpc) is 2.05. The molecule has 56 valence electrons. The number of carboxylic acid groups (broad SMARTS) is 1. The van der Waals surface area contributed by atoms with Crippen LogP contribution in [0.1, 0.15) is 20.8 Å². The molecule has 1 aromatic rings. The number of hydrogen-bond donors (Lipinski definition) is 1. The van der Waals surface area contributed by atoms with Crippen LogP contribution in [-0.2, 0) is 0 Å². The summed E-state index contributed by atoms with van der Waals surface area (Å²) in [6, 6.07) is 1.16. The van der Waals surface area contributed by atoms with Crippen molar-refractivity contribution in [1.82, 2.24) is 10.2 Å². The number of carbonyl (C=O) groups excluding carboxylic acids is 1. The van der Waals surface area contributed by atoms with Crippen LogP contribution in [-0.4, -0.2) is 27.6 Å². The summed E-state index contributed by atoms with van der Waals surface area (Å²) < 4.78 is 0. The van der Waals surface area contributed by atoms with E-state index >= 15 is 0 Å². The minimum Gasteiger partial charge on any atom is -0.478 e. The number of aldehydes is 1. The summed E-state index contributed by atoms with van der Waals surface area (Å²) in [7, 11) is 0. The van der Waals surface area contributed by atoms with Crippen molar-refractivity contribution in [2.45, 2.75) is 0 Å². The zero-order valence-corrected chi connectivity index (χ0v) is 5.39. The van der Waals surface area contributed by atoms with Gasteiger partial charge in [0.2, 0.25) is 0 Å². The maximum atomic E-state index is 10.3. The van der Waals surface area contributed by atoms with E-state index in [0.29, 0.717) is 6.29 Å². The Morgan fingerprint density at radius 3 is 2.91 bits per heavy atom. The molecule has 0 radical (unpaired) electrons. The Hall–Kier alpha value is -1.78. The summed E-state index contributed by atoms with van der Waals surface area (Å²) in [5, 5.41) is 15.1. The van der Waals surface area contributed by atoms with Crippen molar-refractivity contribution < 1.29 is 14.7 Å². The number of hydrogen-bond acceptors (Lipinski definition) is 4. The fourth-order valence-corrected chi connectivity index (χ4v) is 0.558. The maximum absolute atomic E-state index is 10.3. The first kappa shape index (κ1) is 7.33. The monoisotopic (exact) mass is 152 g/mol. The third-order valence-electron chi connectivity index (χ3n) is 1.04. The van der Waals surface area contributed by atoms with E-state index in [0.717, 1.165) is 12.3 Å². The smallest absolute Gasteiger partial charge is 0.337 e. The van der Waals surface area contributed by atoms with Crippen molar-refractivity contribution in [2.75, 3.05) is 0 Å². The third kappa shape index (κ3) is 1.57. The first-order chi connectivity index (χ1) is 5.24. The third-order valence-corrected chi connectivity index (χ3v) is 1.04. The summed E-state index contributed by atoms with van der Waals surface area (Å²) in [6.45, 7) is 0. The van der Waals surface area contributed by atoms with E-state index in [1.54, 1.807) is 0 Å². The summed E-state index contributed by atoms with van der Waals surface area (Å²) in [6.07, 6.45) is 1.52. The van der Waals surface area contributed by atoms with Gasteiger partial charge in [-0.3, -0.25) is 4.79 Å².